The number of aromatic hydroxyl groups is 1. The van der Waals surface area contributed by atoms with Crippen LogP contribution in [0.25, 0.3) is 10.9 Å². The number of morpholine rings is 1. The van der Waals surface area contributed by atoms with Crippen LogP contribution in [0.5, 0.6) is 5.75 Å². The number of rotatable bonds is 2. The zero-order valence-electron chi connectivity index (χ0n) is 10.6. The van der Waals surface area contributed by atoms with Gasteiger partial charge in [0.05, 0.1) is 29.2 Å². The van der Waals surface area contributed by atoms with Crippen LogP contribution >= 0.6 is 11.6 Å². The second-order valence-corrected chi connectivity index (χ2v) is 5.27. The van der Waals surface area contributed by atoms with E-state index in [2.05, 4.69) is 4.98 Å². The summed E-state index contributed by atoms with van der Waals surface area (Å²) in [5.41, 5.74) is 1.59. The third-order valence-electron chi connectivity index (χ3n) is 3.60. The standard InChI is InChI=1S/C14H15ClN2O2/c15-12-8-10(9-17-4-6-19-7-5-17)14(18)13-11(12)2-1-3-16-13/h1-3,8,18H,4-7,9H2/p+2. The maximum atomic E-state index is 10.4. The van der Waals surface area contributed by atoms with Crippen LogP contribution in [0.2, 0.25) is 5.02 Å². The number of hydrogen-bond donors (Lipinski definition) is 2. The summed E-state index contributed by atoms with van der Waals surface area (Å²) in [5, 5.41) is 11.9. The molecule has 0 bridgehead atoms. The van der Waals surface area contributed by atoms with E-state index in [1.807, 2.05) is 18.2 Å². The molecule has 0 amide bonds. The Bertz CT molecular complexity index is 597. The van der Waals surface area contributed by atoms with E-state index in [1.165, 1.54) is 4.90 Å². The number of ether oxygens (including phenoxy) is 1. The lowest BCUT2D eigenvalue weighted by Gasteiger charge is -2.24. The van der Waals surface area contributed by atoms with Crippen molar-refractivity contribution in [3.63, 3.8) is 0 Å². The maximum absolute atomic E-state index is 10.4. The van der Waals surface area contributed by atoms with Crippen LogP contribution in [0.15, 0.2) is 24.4 Å². The Labute approximate surface area is 116 Å². The number of nitrogens with one attached hydrogen (secondary N) is 2. The van der Waals surface area contributed by atoms with Crippen LogP contribution in [0.1, 0.15) is 5.56 Å². The van der Waals surface area contributed by atoms with E-state index in [9.17, 15) is 5.11 Å². The molecule has 0 spiro atoms. The Balaban J connectivity index is 1.97. The molecule has 0 unspecified atom stereocenters. The molecule has 1 saturated heterocycles. The lowest BCUT2D eigenvalue weighted by molar-refractivity contribution is -0.921. The number of phenols is 1. The third-order valence-corrected chi connectivity index (χ3v) is 3.91. The van der Waals surface area contributed by atoms with Crippen LogP contribution in [0.4, 0.5) is 0 Å². The van der Waals surface area contributed by atoms with Gasteiger partial charge < -0.3 is 14.7 Å². The molecule has 0 aliphatic carbocycles. The summed E-state index contributed by atoms with van der Waals surface area (Å²) in [6, 6.07) is 5.65. The average Bonchev–Trinajstić information content (AvgIpc) is 2.46. The topological polar surface area (TPSA) is 48.0 Å². The van der Waals surface area contributed by atoms with E-state index >= 15 is 0 Å². The molecule has 0 atom stereocenters. The highest BCUT2D eigenvalue weighted by molar-refractivity contribution is 6.35. The van der Waals surface area contributed by atoms with Crippen molar-refractivity contribution in [1.82, 2.24) is 0 Å². The molecule has 4 nitrogen and oxygen atoms in total. The third kappa shape index (κ3) is 2.52. The van der Waals surface area contributed by atoms with Crippen LogP contribution < -0.4 is 9.88 Å². The van der Waals surface area contributed by atoms with Crippen molar-refractivity contribution >= 4 is 22.5 Å². The van der Waals surface area contributed by atoms with Gasteiger partial charge in [-0.25, -0.2) is 4.98 Å². The molecule has 3 rings (SSSR count). The van der Waals surface area contributed by atoms with Gasteiger partial charge in [-0.1, -0.05) is 11.6 Å². The van der Waals surface area contributed by atoms with E-state index < -0.39 is 0 Å². The van der Waals surface area contributed by atoms with Gasteiger partial charge in [-0.05, 0) is 12.1 Å². The van der Waals surface area contributed by atoms with Crippen molar-refractivity contribution in [3.05, 3.63) is 35.0 Å². The number of phenolic OH excluding ortho intramolecular Hbond substituents is 1. The molecule has 3 N–H and O–H groups in total. The first-order valence-electron chi connectivity index (χ1n) is 6.48. The molecule has 2 aromatic rings. The minimum Gasteiger partial charge on any atom is -0.502 e. The number of H-pyrrole nitrogens is 1. The average molecular weight is 281 g/mol. The highest BCUT2D eigenvalue weighted by atomic mass is 35.5. The summed E-state index contributed by atoms with van der Waals surface area (Å²) < 4.78 is 5.35. The van der Waals surface area contributed by atoms with Gasteiger partial charge in [-0.15, -0.1) is 0 Å². The van der Waals surface area contributed by atoms with Crippen molar-refractivity contribution < 1.29 is 19.7 Å². The molecule has 1 aromatic carbocycles. The number of hydrogen-bond acceptors (Lipinski definition) is 2. The molecule has 2 heterocycles. The summed E-state index contributed by atoms with van der Waals surface area (Å²) in [6.07, 6.45) is 1.80. The minimum absolute atomic E-state index is 0.305. The quantitative estimate of drug-likeness (QED) is 0.838. The van der Waals surface area contributed by atoms with E-state index in [4.69, 9.17) is 16.3 Å². The van der Waals surface area contributed by atoms with Crippen LogP contribution in [0.3, 0.4) is 0 Å². The SMILES string of the molecule is Oc1c(C[NH+]2CCOCC2)cc(Cl)c2ccc[nH+]c12. The largest absolute Gasteiger partial charge is 0.502 e. The van der Waals surface area contributed by atoms with Crippen molar-refractivity contribution in [2.75, 3.05) is 26.3 Å². The fraction of sp³-hybridized carbons (Fsp3) is 0.357. The fourth-order valence-electron chi connectivity index (χ4n) is 2.53. The van der Waals surface area contributed by atoms with Gasteiger partial charge in [0, 0.05) is 6.07 Å². The smallest absolute Gasteiger partial charge is 0.255 e. The molecule has 1 aliphatic heterocycles. The Morgan fingerprint density at radius 3 is 2.95 bits per heavy atom. The Morgan fingerprint density at radius 2 is 2.16 bits per heavy atom. The van der Waals surface area contributed by atoms with Crippen molar-refractivity contribution in [3.8, 4) is 5.75 Å². The molecule has 19 heavy (non-hydrogen) atoms. The van der Waals surface area contributed by atoms with Gasteiger partial charge in [0.15, 0.2) is 11.9 Å². The summed E-state index contributed by atoms with van der Waals surface area (Å²) in [5.74, 6) is 0.305. The highest BCUT2D eigenvalue weighted by Crippen LogP contribution is 2.31. The molecular weight excluding hydrogens is 264 g/mol. The van der Waals surface area contributed by atoms with Gasteiger partial charge in [0.2, 0.25) is 0 Å². The second-order valence-electron chi connectivity index (χ2n) is 4.86. The van der Waals surface area contributed by atoms with Gasteiger partial charge in [-0.3, -0.25) is 0 Å². The van der Waals surface area contributed by atoms with Crippen LogP contribution in [0, 0.1) is 0 Å². The zero-order valence-corrected chi connectivity index (χ0v) is 11.3. The summed E-state index contributed by atoms with van der Waals surface area (Å²) in [6.45, 7) is 4.27. The number of halogens is 1. The zero-order chi connectivity index (χ0) is 13.2. The number of fused-ring (bicyclic) bond motifs is 1. The molecule has 0 saturated carbocycles. The predicted octanol–water partition coefficient (Wildman–Crippen LogP) is 0.428. The van der Waals surface area contributed by atoms with Gasteiger partial charge in [-0.2, -0.15) is 0 Å². The fourth-order valence-corrected chi connectivity index (χ4v) is 2.82. The molecule has 1 fully saturated rings. The van der Waals surface area contributed by atoms with Crippen molar-refractivity contribution in [1.29, 1.82) is 0 Å². The Morgan fingerprint density at radius 1 is 1.37 bits per heavy atom. The van der Waals surface area contributed by atoms with Gasteiger partial charge in [0.1, 0.15) is 19.6 Å². The number of pyridine rings is 1. The van der Waals surface area contributed by atoms with Crippen molar-refractivity contribution in [2.45, 2.75) is 6.54 Å². The molecule has 1 aromatic heterocycles. The summed E-state index contributed by atoms with van der Waals surface area (Å²) in [4.78, 5) is 4.48. The first-order chi connectivity index (χ1) is 9.25. The normalized spacial score (nSPS) is 16.9. The van der Waals surface area contributed by atoms with Gasteiger partial charge >= 0.3 is 0 Å². The number of benzene rings is 1. The molecular formula is C14H17ClN2O2+2. The predicted molar refractivity (Wildman–Crippen MR) is 72.4 cm³/mol. The van der Waals surface area contributed by atoms with E-state index in [-0.39, 0.29) is 0 Å². The lowest BCUT2D eigenvalue weighted by atomic mass is 10.1. The summed E-state index contributed by atoms with van der Waals surface area (Å²) >= 11 is 6.29. The van der Waals surface area contributed by atoms with Crippen LogP contribution in [-0.4, -0.2) is 31.4 Å². The monoisotopic (exact) mass is 280 g/mol. The Hall–Kier alpha value is -1.36. The first-order valence-corrected chi connectivity index (χ1v) is 6.85. The summed E-state index contributed by atoms with van der Waals surface area (Å²) in [7, 11) is 0. The second kappa shape index (κ2) is 5.33. The Kier molecular flexibility index (Phi) is 3.55. The maximum Gasteiger partial charge on any atom is 0.255 e. The highest BCUT2D eigenvalue weighted by Gasteiger charge is 2.20. The van der Waals surface area contributed by atoms with E-state index in [0.29, 0.717) is 16.3 Å². The van der Waals surface area contributed by atoms with Gasteiger partial charge in [0.25, 0.3) is 5.52 Å². The minimum atomic E-state index is 0.305. The van der Waals surface area contributed by atoms with Crippen LogP contribution in [-0.2, 0) is 11.3 Å². The lowest BCUT2D eigenvalue weighted by Crippen LogP contribution is -3.12. The number of quaternary nitrogens is 1. The van der Waals surface area contributed by atoms with Crippen molar-refractivity contribution in [2.24, 2.45) is 0 Å². The first kappa shape index (κ1) is 12.7. The number of aromatic nitrogens is 1. The van der Waals surface area contributed by atoms with E-state index in [0.717, 1.165) is 43.8 Å². The number of aromatic amines is 1. The van der Waals surface area contributed by atoms with E-state index in [1.54, 1.807) is 6.20 Å². The molecule has 5 heteroatoms. The molecule has 0 radical (unpaired) electrons. The molecule has 1 aliphatic rings. The molecule has 100 valence electrons.